The molecule has 3 rings (SSSR count). The summed E-state index contributed by atoms with van der Waals surface area (Å²) in [6.07, 6.45) is 0.133. The largest absolute Gasteiger partial charge is 0.465 e. The van der Waals surface area contributed by atoms with Gasteiger partial charge in [0.2, 0.25) is 10.0 Å². The lowest BCUT2D eigenvalue weighted by molar-refractivity contribution is 0.125. The van der Waals surface area contributed by atoms with Crippen LogP contribution >= 0.6 is 0 Å². The molecule has 0 radical (unpaired) electrons. The molecule has 1 heterocycles. The number of carbonyl (C=O) groups is 1. The van der Waals surface area contributed by atoms with Crippen molar-refractivity contribution in [2.24, 2.45) is 5.92 Å². The second-order valence-corrected chi connectivity index (χ2v) is 11.5. The van der Waals surface area contributed by atoms with Crippen LogP contribution in [0.15, 0.2) is 58.3 Å². The number of nitrogens with one attached hydrogen (secondary N) is 2. The molecule has 33 heavy (non-hydrogen) atoms. The number of piperidine rings is 1. The maximum atomic E-state index is 12.8. The van der Waals surface area contributed by atoms with E-state index >= 15 is 0 Å². The van der Waals surface area contributed by atoms with Crippen LogP contribution in [0, 0.1) is 5.92 Å². The van der Waals surface area contributed by atoms with E-state index in [4.69, 9.17) is 5.11 Å². The second kappa shape index (κ2) is 9.98. The number of nitrogens with zero attached hydrogens (tertiary/aromatic N) is 2. The highest BCUT2D eigenvalue weighted by atomic mass is 32.2. The molecule has 0 aromatic heterocycles. The van der Waals surface area contributed by atoms with Crippen molar-refractivity contribution in [3.63, 3.8) is 0 Å². The van der Waals surface area contributed by atoms with E-state index in [1.165, 1.54) is 23.1 Å². The highest BCUT2D eigenvalue weighted by Gasteiger charge is 2.25. The van der Waals surface area contributed by atoms with E-state index in [0.29, 0.717) is 31.6 Å². The SMILES string of the molecule is CN(C)c1ccc(NS(=O)(=O)c2cccc(S(=O)(=O)NCC3CCN(C(=O)O)CC3)c2)cc1. The van der Waals surface area contributed by atoms with Crippen molar-refractivity contribution in [2.75, 3.05) is 43.4 Å². The molecule has 2 aromatic carbocycles. The second-order valence-electron chi connectivity index (χ2n) is 8.09. The molecule has 10 nitrogen and oxygen atoms in total. The average molecular weight is 497 g/mol. The van der Waals surface area contributed by atoms with Crippen LogP contribution in [0.4, 0.5) is 16.2 Å². The van der Waals surface area contributed by atoms with E-state index in [0.717, 1.165) is 11.8 Å². The summed E-state index contributed by atoms with van der Waals surface area (Å²) < 4.78 is 56.1. The van der Waals surface area contributed by atoms with Crippen molar-refractivity contribution in [1.29, 1.82) is 0 Å². The number of hydrogen-bond donors (Lipinski definition) is 3. The molecule has 0 saturated carbocycles. The first kappa shape index (κ1) is 24.8. The van der Waals surface area contributed by atoms with Gasteiger partial charge in [0.15, 0.2) is 0 Å². The molecule has 1 aliphatic rings. The Kier molecular flexibility index (Phi) is 7.50. The third-order valence-electron chi connectivity index (χ3n) is 5.51. The van der Waals surface area contributed by atoms with E-state index < -0.39 is 26.1 Å². The van der Waals surface area contributed by atoms with Gasteiger partial charge in [-0.3, -0.25) is 4.72 Å². The minimum atomic E-state index is -4.00. The number of sulfonamides is 2. The average Bonchev–Trinajstić information content (AvgIpc) is 2.78. The first-order chi connectivity index (χ1) is 15.5. The molecule has 2 aromatic rings. The Morgan fingerprint density at radius 1 is 1.00 bits per heavy atom. The first-order valence-corrected chi connectivity index (χ1v) is 13.3. The van der Waals surface area contributed by atoms with Crippen molar-refractivity contribution in [3.8, 4) is 0 Å². The van der Waals surface area contributed by atoms with Crippen LogP contribution in [-0.4, -0.2) is 66.7 Å². The normalized spacial score (nSPS) is 15.3. The summed E-state index contributed by atoms with van der Waals surface area (Å²) in [7, 11) is -4.19. The van der Waals surface area contributed by atoms with E-state index in [1.807, 2.05) is 19.0 Å². The Bertz CT molecular complexity index is 1190. The molecule has 0 bridgehead atoms. The summed E-state index contributed by atoms with van der Waals surface area (Å²) in [4.78, 5) is 13.9. The quantitative estimate of drug-likeness (QED) is 0.510. The highest BCUT2D eigenvalue weighted by Crippen LogP contribution is 2.22. The van der Waals surface area contributed by atoms with Crippen LogP contribution in [-0.2, 0) is 20.0 Å². The zero-order chi connectivity index (χ0) is 24.2. The molecule has 1 saturated heterocycles. The van der Waals surface area contributed by atoms with E-state index in [1.54, 1.807) is 24.3 Å². The molecule has 1 amide bonds. The molecule has 1 aliphatic heterocycles. The zero-order valence-corrected chi connectivity index (χ0v) is 20.1. The standard InChI is InChI=1S/C21H28N4O6S2/c1-24(2)18-8-6-17(7-9-18)23-33(30,31)20-5-3-4-19(14-20)32(28,29)22-15-16-10-12-25(13-11-16)21(26)27/h3-9,14,16,22-23H,10-13,15H2,1-2H3,(H,26,27). The lowest BCUT2D eigenvalue weighted by atomic mass is 9.97. The molecular weight excluding hydrogens is 468 g/mol. The Labute approximate surface area is 194 Å². The van der Waals surface area contributed by atoms with Crippen LogP contribution in [0.3, 0.4) is 0 Å². The monoisotopic (exact) mass is 496 g/mol. The Morgan fingerprint density at radius 2 is 1.58 bits per heavy atom. The lowest BCUT2D eigenvalue weighted by Gasteiger charge is -2.29. The summed E-state index contributed by atoms with van der Waals surface area (Å²) in [6.45, 7) is 0.872. The summed E-state index contributed by atoms with van der Waals surface area (Å²) in [5.41, 5.74) is 1.27. The number of anilines is 2. The number of carboxylic acid groups (broad SMARTS) is 1. The van der Waals surface area contributed by atoms with Gasteiger partial charge in [0.1, 0.15) is 0 Å². The van der Waals surface area contributed by atoms with Crippen molar-refractivity contribution in [1.82, 2.24) is 9.62 Å². The number of rotatable bonds is 8. The summed E-state index contributed by atoms with van der Waals surface area (Å²) in [5, 5.41) is 9.01. The van der Waals surface area contributed by atoms with Crippen molar-refractivity contribution in [2.45, 2.75) is 22.6 Å². The van der Waals surface area contributed by atoms with Gasteiger partial charge in [0.25, 0.3) is 10.0 Å². The highest BCUT2D eigenvalue weighted by molar-refractivity contribution is 7.93. The van der Waals surface area contributed by atoms with Gasteiger partial charge in [-0.05, 0) is 61.2 Å². The van der Waals surface area contributed by atoms with Gasteiger partial charge in [-0.1, -0.05) is 6.07 Å². The van der Waals surface area contributed by atoms with Crippen molar-refractivity contribution >= 4 is 37.5 Å². The number of benzene rings is 2. The minimum absolute atomic E-state index is 0.00842. The number of likely N-dealkylation sites (tertiary alicyclic amines) is 1. The van der Waals surface area contributed by atoms with Gasteiger partial charge in [0, 0.05) is 45.1 Å². The van der Waals surface area contributed by atoms with Gasteiger partial charge >= 0.3 is 6.09 Å². The van der Waals surface area contributed by atoms with Crippen LogP contribution in [0.5, 0.6) is 0 Å². The maximum Gasteiger partial charge on any atom is 0.407 e. The molecule has 0 aliphatic carbocycles. The van der Waals surface area contributed by atoms with Crippen LogP contribution in [0.25, 0.3) is 0 Å². The molecular formula is C21H28N4O6S2. The van der Waals surface area contributed by atoms with Crippen LogP contribution < -0.4 is 14.3 Å². The molecule has 0 spiro atoms. The molecule has 0 unspecified atom stereocenters. The lowest BCUT2D eigenvalue weighted by Crippen LogP contribution is -2.40. The zero-order valence-electron chi connectivity index (χ0n) is 18.4. The smallest absolute Gasteiger partial charge is 0.407 e. The van der Waals surface area contributed by atoms with Gasteiger partial charge in [0.05, 0.1) is 9.79 Å². The van der Waals surface area contributed by atoms with E-state index in [9.17, 15) is 21.6 Å². The van der Waals surface area contributed by atoms with Gasteiger partial charge in [-0.25, -0.2) is 26.4 Å². The third kappa shape index (κ3) is 6.36. The summed E-state index contributed by atoms with van der Waals surface area (Å²) in [6, 6.07) is 12.0. The van der Waals surface area contributed by atoms with Gasteiger partial charge in [-0.15, -0.1) is 0 Å². The fourth-order valence-corrected chi connectivity index (χ4v) is 5.83. The van der Waals surface area contributed by atoms with Crippen molar-refractivity contribution < 1.29 is 26.7 Å². The molecule has 12 heteroatoms. The summed E-state index contributed by atoms with van der Waals surface area (Å²) >= 11 is 0. The molecule has 3 N–H and O–H groups in total. The predicted molar refractivity (Wildman–Crippen MR) is 126 cm³/mol. The number of amides is 1. The van der Waals surface area contributed by atoms with Crippen molar-refractivity contribution in [3.05, 3.63) is 48.5 Å². The number of hydrogen-bond acceptors (Lipinski definition) is 6. The van der Waals surface area contributed by atoms with Crippen LogP contribution in [0.2, 0.25) is 0 Å². The van der Waals surface area contributed by atoms with E-state index in [2.05, 4.69) is 9.44 Å². The fraction of sp³-hybridized carbons (Fsp3) is 0.381. The molecule has 1 fully saturated rings. The summed E-state index contributed by atoms with van der Waals surface area (Å²) in [5.74, 6) is 0.00842. The maximum absolute atomic E-state index is 12.8. The van der Waals surface area contributed by atoms with Gasteiger partial charge < -0.3 is 14.9 Å². The Balaban J connectivity index is 1.68. The topological polar surface area (TPSA) is 136 Å². The Hall–Kier alpha value is -2.83. The van der Waals surface area contributed by atoms with Gasteiger partial charge in [-0.2, -0.15) is 0 Å². The third-order valence-corrected chi connectivity index (χ3v) is 8.31. The minimum Gasteiger partial charge on any atom is -0.465 e. The predicted octanol–water partition coefficient (Wildman–Crippen LogP) is 2.22. The Morgan fingerprint density at radius 3 is 2.12 bits per heavy atom. The fourth-order valence-electron chi connectivity index (χ4n) is 3.49. The molecule has 0 atom stereocenters. The van der Waals surface area contributed by atoms with Crippen LogP contribution in [0.1, 0.15) is 12.8 Å². The molecule has 180 valence electrons. The van der Waals surface area contributed by atoms with E-state index in [-0.39, 0.29) is 22.3 Å². The first-order valence-electron chi connectivity index (χ1n) is 10.4.